The minimum atomic E-state index is -0.575. The number of thioether (sulfide) groups is 1. The Kier molecular flexibility index (Phi) is 6.80. The molecule has 3 rings (SSSR count). The molecule has 2 aromatic carbocycles. The van der Waals surface area contributed by atoms with Crippen LogP contribution in [0.2, 0.25) is 5.02 Å². The lowest BCUT2D eigenvalue weighted by Gasteiger charge is -2.21. The normalized spacial score (nSPS) is 15.6. The van der Waals surface area contributed by atoms with Gasteiger partial charge in [0, 0.05) is 22.4 Å². The molecule has 0 radical (unpaired) electrons. The van der Waals surface area contributed by atoms with Gasteiger partial charge in [0.1, 0.15) is 6.04 Å². The van der Waals surface area contributed by atoms with E-state index in [-0.39, 0.29) is 23.1 Å². The Balaban J connectivity index is 1.63. The molecule has 0 spiro atoms. The monoisotopic (exact) mass is 402 g/mol. The van der Waals surface area contributed by atoms with Gasteiger partial charge in [-0.05, 0) is 49.6 Å². The Morgan fingerprint density at radius 3 is 2.37 bits per heavy atom. The Hall–Kier alpha value is -1.98. The standard InChI is InChI=1S/C21H23ClN2O2S/c1-14(27-18-11-7-16(22)8-12-18)20(25)24-19(21(26)23-17-9-10-17)13-15-5-3-2-4-6-15/h2-8,11-12,14,17,19H,9-10,13H2,1H3,(H,23,26)(H,24,25). The van der Waals surface area contributed by atoms with E-state index in [1.165, 1.54) is 11.8 Å². The molecule has 2 amide bonds. The van der Waals surface area contributed by atoms with Crippen LogP contribution in [0.15, 0.2) is 59.5 Å². The van der Waals surface area contributed by atoms with E-state index in [1.807, 2.05) is 49.4 Å². The molecule has 1 fully saturated rings. The van der Waals surface area contributed by atoms with E-state index in [9.17, 15) is 9.59 Å². The molecule has 142 valence electrons. The molecule has 1 aliphatic rings. The number of rotatable bonds is 8. The maximum absolute atomic E-state index is 12.7. The van der Waals surface area contributed by atoms with E-state index < -0.39 is 6.04 Å². The molecule has 0 aliphatic heterocycles. The molecule has 0 bridgehead atoms. The maximum atomic E-state index is 12.7. The van der Waals surface area contributed by atoms with Crippen LogP contribution in [-0.2, 0) is 16.0 Å². The van der Waals surface area contributed by atoms with Gasteiger partial charge in [0.2, 0.25) is 11.8 Å². The van der Waals surface area contributed by atoms with Crippen molar-refractivity contribution in [2.24, 2.45) is 0 Å². The van der Waals surface area contributed by atoms with Gasteiger partial charge in [0.05, 0.1) is 5.25 Å². The van der Waals surface area contributed by atoms with E-state index in [1.54, 1.807) is 12.1 Å². The third kappa shape index (κ3) is 6.29. The molecule has 1 saturated carbocycles. The van der Waals surface area contributed by atoms with Crippen molar-refractivity contribution in [3.05, 3.63) is 65.2 Å². The summed E-state index contributed by atoms with van der Waals surface area (Å²) in [7, 11) is 0. The van der Waals surface area contributed by atoms with Gasteiger partial charge in [-0.1, -0.05) is 41.9 Å². The summed E-state index contributed by atoms with van der Waals surface area (Å²) in [5, 5.41) is 6.27. The Bertz CT molecular complexity index is 779. The van der Waals surface area contributed by atoms with Crippen LogP contribution < -0.4 is 10.6 Å². The predicted octanol–water partition coefficient (Wildman–Crippen LogP) is 3.83. The summed E-state index contributed by atoms with van der Waals surface area (Å²) in [6, 6.07) is 16.8. The lowest BCUT2D eigenvalue weighted by Crippen LogP contribution is -2.50. The molecule has 2 unspecified atom stereocenters. The van der Waals surface area contributed by atoms with Crippen LogP contribution in [0.5, 0.6) is 0 Å². The largest absolute Gasteiger partial charge is 0.352 e. The summed E-state index contributed by atoms with van der Waals surface area (Å²) < 4.78 is 0. The number of carbonyl (C=O) groups excluding carboxylic acids is 2. The number of halogens is 1. The number of benzene rings is 2. The van der Waals surface area contributed by atoms with Crippen LogP contribution in [0.3, 0.4) is 0 Å². The van der Waals surface area contributed by atoms with Crippen molar-refractivity contribution in [2.45, 2.75) is 48.4 Å². The number of hydrogen-bond donors (Lipinski definition) is 2. The van der Waals surface area contributed by atoms with Crippen LogP contribution in [0, 0.1) is 0 Å². The van der Waals surface area contributed by atoms with Gasteiger partial charge in [-0.25, -0.2) is 0 Å². The molecule has 1 aliphatic carbocycles. The number of hydrogen-bond acceptors (Lipinski definition) is 3. The maximum Gasteiger partial charge on any atom is 0.243 e. The van der Waals surface area contributed by atoms with E-state index in [2.05, 4.69) is 10.6 Å². The van der Waals surface area contributed by atoms with E-state index in [0.717, 1.165) is 23.3 Å². The van der Waals surface area contributed by atoms with Gasteiger partial charge in [-0.2, -0.15) is 0 Å². The highest BCUT2D eigenvalue weighted by molar-refractivity contribution is 8.00. The molecular formula is C21H23ClN2O2S. The van der Waals surface area contributed by atoms with Gasteiger partial charge in [0.15, 0.2) is 0 Å². The predicted molar refractivity (Wildman–Crippen MR) is 110 cm³/mol. The fourth-order valence-electron chi connectivity index (χ4n) is 2.65. The van der Waals surface area contributed by atoms with E-state index >= 15 is 0 Å². The first-order valence-electron chi connectivity index (χ1n) is 9.08. The summed E-state index contributed by atoms with van der Waals surface area (Å²) in [4.78, 5) is 26.2. The highest BCUT2D eigenvalue weighted by atomic mass is 35.5. The Labute approximate surface area is 169 Å². The third-order valence-electron chi connectivity index (χ3n) is 4.34. The van der Waals surface area contributed by atoms with Crippen molar-refractivity contribution < 1.29 is 9.59 Å². The van der Waals surface area contributed by atoms with Crippen molar-refractivity contribution in [2.75, 3.05) is 0 Å². The van der Waals surface area contributed by atoms with Crippen LogP contribution in [-0.4, -0.2) is 29.1 Å². The first-order valence-corrected chi connectivity index (χ1v) is 10.3. The molecular weight excluding hydrogens is 380 g/mol. The highest BCUT2D eigenvalue weighted by Gasteiger charge is 2.29. The minimum absolute atomic E-state index is 0.113. The fourth-order valence-corrected chi connectivity index (χ4v) is 3.65. The topological polar surface area (TPSA) is 58.2 Å². The Morgan fingerprint density at radius 2 is 1.74 bits per heavy atom. The number of nitrogens with one attached hydrogen (secondary N) is 2. The van der Waals surface area contributed by atoms with Crippen LogP contribution in [0.4, 0.5) is 0 Å². The van der Waals surface area contributed by atoms with Crippen molar-refractivity contribution in [3.8, 4) is 0 Å². The van der Waals surface area contributed by atoms with Crippen molar-refractivity contribution in [1.82, 2.24) is 10.6 Å². The average Bonchev–Trinajstić information content (AvgIpc) is 3.47. The summed E-state index contributed by atoms with van der Waals surface area (Å²) in [6.07, 6.45) is 2.50. The van der Waals surface area contributed by atoms with Gasteiger partial charge in [-0.3, -0.25) is 9.59 Å². The van der Waals surface area contributed by atoms with Gasteiger partial charge in [-0.15, -0.1) is 11.8 Å². The minimum Gasteiger partial charge on any atom is -0.352 e. The quantitative estimate of drug-likeness (QED) is 0.660. The fraction of sp³-hybridized carbons (Fsp3) is 0.333. The summed E-state index contributed by atoms with van der Waals surface area (Å²) in [6.45, 7) is 1.84. The zero-order valence-corrected chi connectivity index (χ0v) is 16.7. The average molecular weight is 403 g/mol. The summed E-state index contributed by atoms with van der Waals surface area (Å²) >= 11 is 7.35. The second-order valence-corrected chi connectivity index (χ2v) is 8.60. The van der Waals surface area contributed by atoms with Crippen molar-refractivity contribution in [1.29, 1.82) is 0 Å². The van der Waals surface area contributed by atoms with E-state index in [0.29, 0.717) is 11.4 Å². The SMILES string of the molecule is CC(Sc1ccc(Cl)cc1)C(=O)NC(Cc1ccccc1)C(=O)NC1CC1. The van der Waals surface area contributed by atoms with E-state index in [4.69, 9.17) is 11.6 Å². The molecule has 4 nitrogen and oxygen atoms in total. The highest BCUT2D eigenvalue weighted by Crippen LogP contribution is 2.25. The van der Waals surface area contributed by atoms with Gasteiger partial charge >= 0.3 is 0 Å². The first-order chi connectivity index (χ1) is 13.0. The lowest BCUT2D eigenvalue weighted by atomic mass is 10.0. The second-order valence-electron chi connectivity index (χ2n) is 6.75. The first kappa shape index (κ1) is 19.8. The summed E-state index contributed by atoms with van der Waals surface area (Å²) in [5.74, 6) is -0.264. The third-order valence-corrected chi connectivity index (χ3v) is 5.70. The molecule has 0 aromatic heterocycles. The number of carbonyl (C=O) groups is 2. The van der Waals surface area contributed by atoms with Gasteiger partial charge in [0.25, 0.3) is 0 Å². The second kappa shape index (κ2) is 9.29. The van der Waals surface area contributed by atoms with Gasteiger partial charge < -0.3 is 10.6 Å². The van der Waals surface area contributed by atoms with Crippen LogP contribution >= 0.6 is 23.4 Å². The molecule has 2 N–H and O–H groups in total. The summed E-state index contributed by atoms with van der Waals surface area (Å²) in [5.41, 5.74) is 1.02. The number of amides is 2. The zero-order chi connectivity index (χ0) is 19.2. The smallest absolute Gasteiger partial charge is 0.243 e. The molecule has 6 heteroatoms. The Morgan fingerprint density at radius 1 is 1.07 bits per heavy atom. The van der Waals surface area contributed by atoms with Crippen molar-refractivity contribution in [3.63, 3.8) is 0 Å². The molecule has 2 atom stereocenters. The lowest BCUT2D eigenvalue weighted by molar-refractivity contribution is -0.128. The zero-order valence-electron chi connectivity index (χ0n) is 15.2. The van der Waals surface area contributed by atoms with Crippen LogP contribution in [0.1, 0.15) is 25.3 Å². The molecule has 27 heavy (non-hydrogen) atoms. The molecule has 0 heterocycles. The molecule has 2 aromatic rings. The van der Waals surface area contributed by atoms with Crippen molar-refractivity contribution >= 4 is 35.2 Å². The molecule has 0 saturated heterocycles. The van der Waals surface area contributed by atoms with Crippen LogP contribution in [0.25, 0.3) is 0 Å².